The zero-order chi connectivity index (χ0) is 14.8. The second-order valence-electron chi connectivity index (χ2n) is 4.58. The molecule has 0 bridgehead atoms. The first-order chi connectivity index (χ1) is 9.61. The van der Waals surface area contributed by atoms with Crippen LogP contribution in [0, 0.1) is 0 Å². The molecule has 110 valence electrons. The second-order valence-corrected chi connectivity index (χ2v) is 4.58. The van der Waals surface area contributed by atoms with Crippen molar-refractivity contribution in [2.75, 3.05) is 13.7 Å². The first-order valence-electron chi connectivity index (χ1n) is 6.73. The van der Waals surface area contributed by atoms with Crippen LogP contribution in [0.25, 0.3) is 0 Å². The van der Waals surface area contributed by atoms with E-state index in [9.17, 15) is 9.59 Å². The topological polar surface area (TPSA) is 75.6 Å². The average Bonchev–Trinajstić information content (AvgIpc) is 2.44. The number of amides is 1. The predicted molar refractivity (Wildman–Crippen MR) is 75.3 cm³/mol. The monoisotopic (exact) mass is 279 g/mol. The van der Waals surface area contributed by atoms with E-state index in [0.29, 0.717) is 19.4 Å². The van der Waals surface area contributed by atoms with Gasteiger partial charge in [0.25, 0.3) is 0 Å². The third-order valence-corrected chi connectivity index (χ3v) is 2.91. The van der Waals surface area contributed by atoms with Gasteiger partial charge in [0.05, 0.1) is 13.5 Å². The van der Waals surface area contributed by atoms with Crippen LogP contribution in [-0.2, 0) is 20.7 Å². The number of carbonyl (C=O) groups is 2. The maximum atomic E-state index is 11.6. The quantitative estimate of drug-likeness (QED) is 0.562. The lowest BCUT2D eigenvalue weighted by Gasteiger charge is -2.05. The number of aromatic hydroxyl groups is 1. The molecule has 1 rings (SSSR count). The minimum atomic E-state index is -0.193. The van der Waals surface area contributed by atoms with Crippen LogP contribution >= 0.6 is 0 Å². The Kier molecular flexibility index (Phi) is 7.17. The summed E-state index contributed by atoms with van der Waals surface area (Å²) in [6.07, 6.45) is 3.24. The van der Waals surface area contributed by atoms with E-state index < -0.39 is 0 Å². The molecule has 0 saturated heterocycles. The number of carbonyl (C=O) groups excluding carboxylic acids is 2. The number of hydrogen-bond donors (Lipinski definition) is 2. The summed E-state index contributed by atoms with van der Waals surface area (Å²) in [7, 11) is 1.38. The summed E-state index contributed by atoms with van der Waals surface area (Å²) in [4.78, 5) is 22.5. The van der Waals surface area contributed by atoms with Crippen LogP contribution in [0.5, 0.6) is 5.75 Å². The highest BCUT2D eigenvalue weighted by molar-refractivity contribution is 5.78. The fraction of sp³-hybridized carbons (Fsp3) is 0.467. The van der Waals surface area contributed by atoms with Gasteiger partial charge in [-0.3, -0.25) is 9.59 Å². The van der Waals surface area contributed by atoms with Gasteiger partial charge in [-0.1, -0.05) is 18.6 Å². The molecule has 0 aliphatic carbocycles. The van der Waals surface area contributed by atoms with E-state index in [4.69, 9.17) is 5.11 Å². The number of rotatable bonds is 8. The van der Waals surface area contributed by atoms with Crippen LogP contribution in [0.4, 0.5) is 0 Å². The third-order valence-electron chi connectivity index (χ3n) is 2.91. The number of phenolic OH excluding ortho intramolecular Hbond substituents is 1. The van der Waals surface area contributed by atoms with Crippen LogP contribution < -0.4 is 5.32 Å². The van der Waals surface area contributed by atoms with E-state index in [1.165, 1.54) is 7.11 Å². The molecule has 2 N–H and O–H groups in total. The Balaban J connectivity index is 2.08. The van der Waals surface area contributed by atoms with Gasteiger partial charge in [-0.05, 0) is 30.5 Å². The van der Waals surface area contributed by atoms with Crippen LogP contribution in [0.1, 0.15) is 31.2 Å². The molecule has 0 atom stereocenters. The van der Waals surface area contributed by atoms with Crippen LogP contribution in [0.2, 0.25) is 0 Å². The predicted octanol–water partition coefficient (Wildman–Crippen LogP) is 1.78. The van der Waals surface area contributed by atoms with Gasteiger partial charge < -0.3 is 15.2 Å². The van der Waals surface area contributed by atoms with Crippen LogP contribution in [0.3, 0.4) is 0 Å². The molecule has 1 aromatic carbocycles. The van der Waals surface area contributed by atoms with Crippen molar-refractivity contribution >= 4 is 11.9 Å². The molecule has 0 fully saturated rings. The van der Waals surface area contributed by atoms with E-state index in [1.54, 1.807) is 24.3 Å². The van der Waals surface area contributed by atoms with Gasteiger partial charge in [0.1, 0.15) is 5.75 Å². The summed E-state index contributed by atoms with van der Waals surface area (Å²) in [5.41, 5.74) is 0.867. The van der Waals surface area contributed by atoms with Crippen molar-refractivity contribution in [2.24, 2.45) is 0 Å². The molecule has 0 aromatic heterocycles. The molecule has 1 aromatic rings. The smallest absolute Gasteiger partial charge is 0.305 e. The lowest BCUT2D eigenvalue weighted by molar-refractivity contribution is -0.140. The van der Waals surface area contributed by atoms with Gasteiger partial charge in [0, 0.05) is 13.0 Å². The fourth-order valence-corrected chi connectivity index (χ4v) is 1.76. The van der Waals surface area contributed by atoms with Gasteiger partial charge in [-0.2, -0.15) is 0 Å². The maximum absolute atomic E-state index is 11.6. The largest absolute Gasteiger partial charge is 0.508 e. The van der Waals surface area contributed by atoms with E-state index in [1.807, 2.05) is 0 Å². The number of phenols is 1. The first kappa shape index (κ1) is 16.0. The molecule has 0 radical (unpaired) electrons. The maximum Gasteiger partial charge on any atom is 0.305 e. The highest BCUT2D eigenvalue weighted by Crippen LogP contribution is 2.09. The molecular weight excluding hydrogens is 258 g/mol. The summed E-state index contributed by atoms with van der Waals surface area (Å²) >= 11 is 0. The van der Waals surface area contributed by atoms with Crippen molar-refractivity contribution in [3.63, 3.8) is 0 Å². The Labute approximate surface area is 118 Å². The number of benzene rings is 1. The second kappa shape index (κ2) is 8.96. The Morgan fingerprint density at radius 1 is 1.15 bits per heavy atom. The molecule has 0 aliphatic heterocycles. The number of hydrogen-bond acceptors (Lipinski definition) is 4. The third kappa shape index (κ3) is 6.78. The summed E-state index contributed by atoms with van der Waals surface area (Å²) in [6, 6.07) is 6.58. The zero-order valence-electron chi connectivity index (χ0n) is 11.7. The van der Waals surface area contributed by atoms with Gasteiger partial charge >= 0.3 is 5.97 Å². The number of nitrogens with one attached hydrogen (secondary N) is 1. The highest BCUT2D eigenvalue weighted by Gasteiger charge is 2.03. The number of methoxy groups -OCH3 is 1. The van der Waals surface area contributed by atoms with Gasteiger partial charge in [-0.25, -0.2) is 0 Å². The Hall–Kier alpha value is -2.04. The average molecular weight is 279 g/mol. The van der Waals surface area contributed by atoms with Crippen LogP contribution in [-0.4, -0.2) is 30.6 Å². The van der Waals surface area contributed by atoms with Gasteiger partial charge in [0.15, 0.2) is 0 Å². The first-order valence-corrected chi connectivity index (χ1v) is 6.73. The molecule has 0 aliphatic rings. The van der Waals surface area contributed by atoms with Crippen molar-refractivity contribution in [1.29, 1.82) is 0 Å². The SMILES string of the molecule is COC(=O)CCCCCNC(=O)Cc1ccc(O)cc1. The Bertz CT molecular complexity index is 428. The molecule has 0 saturated carbocycles. The summed E-state index contributed by atoms with van der Waals surface area (Å²) < 4.78 is 4.54. The van der Waals surface area contributed by atoms with Crippen molar-refractivity contribution in [3.8, 4) is 5.75 Å². The molecule has 0 heterocycles. The molecule has 0 spiro atoms. The van der Waals surface area contributed by atoms with Crippen molar-refractivity contribution < 1.29 is 19.4 Å². The molecule has 1 amide bonds. The van der Waals surface area contributed by atoms with Gasteiger partial charge in [-0.15, -0.1) is 0 Å². The summed E-state index contributed by atoms with van der Waals surface area (Å²) in [5.74, 6) is -0.0372. The standard InChI is InChI=1S/C15H21NO4/c1-20-15(19)5-3-2-4-10-16-14(18)11-12-6-8-13(17)9-7-12/h6-9,17H,2-5,10-11H2,1H3,(H,16,18). The van der Waals surface area contributed by atoms with E-state index >= 15 is 0 Å². The Morgan fingerprint density at radius 3 is 2.50 bits per heavy atom. The van der Waals surface area contributed by atoms with Crippen molar-refractivity contribution in [3.05, 3.63) is 29.8 Å². The molecule has 5 nitrogen and oxygen atoms in total. The number of esters is 1. The lowest BCUT2D eigenvalue weighted by atomic mass is 10.1. The number of ether oxygens (including phenoxy) is 1. The highest BCUT2D eigenvalue weighted by atomic mass is 16.5. The van der Waals surface area contributed by atoms with E-state index in [-0.39, 0.29) is 17.6 Å². The Morgan fingerprint density at radius 2 is 1.85 bits per heavy atom. The summed E-state index contributed by atoms with van der Waals surface area (Å²) in [5, 5.41) is 12.0. The molecule has 5 heteroatoms. The fourth-order valence-electron chi connectivity index (χ4n) is 1.76. The van der Waals surface area contributed by atoms with Crippen LogP contribution in [0.15, 0.2) is 24.3 Å². The lowest BCUT2D eigenvalue weighted by Crippen LogP contribution is -2.26. The van der Waals surface area contributed by atoms with Gasteiger partial charge in [0.2, 0.25) is 5.91 Å². The van der Waals surface area contributed by atoms with E-state index in [2.05, 4.69) is 10.1 Å². The van der Waals surface area contributed by atoms with Crippen molar-refractivity contribution in [2.45, 2.75) is 32.1 Å². The normalized spacial score (nSPS) is 10.1. The summed E-state index contributed by atoms with van der Waals surface area (Å²) in [6.45, 7) is 0.609. The minimum Gasteiger partial charge on any atom is -0.508 e. The zero-order valence-corrected chi connectivity index (χ0v) is 11.7. The number of unbranched alkanes of at least 4 members (excludes halogenated alkanes) is 2. The molecule has 20 heavy (non-hydrogen) atoms. The van der Waals surface area contributed by atoms with E-state index in [0.717, 1.165) is 24.8 Å². The minimum absolute atomic E-state index is 0.0383. The van der Waals surface area contributed by atoms with Crippen molar-refractivity contribution in [1.82, 2.24) is 5.32 Å². The molecule has 0 unspecified atom stereocenters. The molecular formula is C15H21NO4.